The van der Waals surface area contributed by atoms with E-state index in [1.165, 1.54) is 4.31 Å². The number of hydrogen-bond acceptors (Lipinski definition) is 4. The van der Waals surface area contributed by atoms with Gasteiger partial charge < -0.3 is 5.32 Å². The molecule has 0 aromatic heterocycles. The molecule has 0 aliphatic carbocycles. The summed E-state index contributed by atoms with van der Waals surface area (Å²) in [4.78, 5) is 0. The Kier molecular flexibility index (Phi) is 3.48. The molecule has 2 unspecified atom stereocenters. The van der Waals surface area contributed by atoms with Crippen LogP contribution in [0.4, 0.5) is 0 Å². The molecule has 1 aliphatic rings. The average Bonchev–Trinajstić information content (AvgIpc) is 2.09. The van der Waals surface area contributed by atoms with Crippen LogP contribution < -0.4 is 5.32 Å². The lowest BCUT2D eigenvalue weighted by Crippen LogP contribution is -2.56. The van der Waals surface area contributed by atoms with Gasteiger partial charge in [-0.05, 0) is 13.8 Å². The monoisotopic (exact) mass is 217 g/mol. The van der Waals surface area contributed by atoms with E-state index in [9.17, 15) is 8.42 Å². The van der Waals surface area contributed by atoms with Crippen molar-refractivity contribution in [1.82, 2.24) is 9.62 Å². The largest absolute Gasteiger partial charge is 0.311 e. The average molecular weight is 217 g/mol. The van der Waals surface area contributed by atoms with Crippen molar-refractivity contribution in [3.05, 3.63) is 0 Å². The van der Waals surface area contributed by atoms with Gasteiger partial charge in [-0.25, -0.2) is 8.42 Å². The van der Waals surface area contributed by atoms with Crippen molar-refractivity contribution < 1.29 is 8.42 Å². The normalized spacial score (nSPS) is 29.8. The molecule has 0 aromatic rings. The van der Waals surface area contributed by atoms with Crippen LogP contribution in [-0.4, -0.2) is 43.6 Å². The summed E-state index contributed by atoms with van der Waals surface area (Å²) < 4.78 is 24.6. The lowest BCUT2D eigenvalue weighted by molar-refractivity contribution is 0.245. The predicted molar refractivity (Wildman–Crippen MR) is 53.0 cm³/mol. The number of hydrogen-bond donors (Lipinski definition) is 1. The Morgan fingerprint density at radius 2 is 2.21 bits per heavy atom. The molecule has 0 radical (unpaired) electrons. The first-order chi connectivity index (χ1) is 6.47. The number of piperazine rings is 1. The summed E-state index contributed by atoms with van der Waals surface area (Å²) in [5.41, 5.74) is 0. The summed E-state index contributed by atoms with van der Waals surface area (Å²) in [6, 6.07) is 1.78. The maximum atomic E-state index is 11.6. The molecular weight excluding hydrogens is 202 g/mol. The summed E-state index contributed by atoms with van der Waals surface area (Å²) >= 11 is 0. The predicted octanol–water partition coefficient (Wildman–Crippen LogP) is -0.478. The zero-order valence-corrected chi connectivity index (χ0v) is 9.21. The fraction of sp³-hybridized carbons (Fsp3) is 0.875. The van der Waals surface area contributed by atoms with Crippen molar-refractivity contribution in [2.75, 3.05) is 18.8 Å². The highest BCUT2D eigenvalue weighted by atomic mass is 32.2. The molecular formula is C8H15N3O2S. The number of rotatable bonds is 2. The first-order valence-electron chi connectivity index (χ1n) is 4.57. The molecule has 6 heteroatoms. The highest BCUT2D eigenvalue weighted by molar-refractivity contribution is 7.89. The fourth-order valence-electron chi connectivity index (χ4n) is 1.54. The lowest BCUT2D eigenvalue weighted by Gasteiger charge is -2.35. The minimum atomic E-state index is -3.38. The first-order valence-corrected chi connectivity index (χ1v) is 6.18. The second kappa shape index (κ2) is 4.26. The molecule has 5 nitrogen and oxygen atoms in total. The Balaban J connectivity index is 2.80. The van der Waals surface area contributed by atoms with E-state index in [0.29, 0.717) is 13.1 Å². The van der Waals surface area contributed by atoms with E-state index in [1.54, 1.807) is 6.07 Å². The zero-order valence-electron chi connectivity index (χ0n) is 8.40. The van der Waals surface area contributed by atoms with Crippen LogP contribution in [0, 0.1) is 11.3 Å². The van der Waals surface area contributed by atoms with Gasteiger partial charge in [-0.3, -0.25) is 0 Å². The van der Waals surface area contributed by atoms with Crippen LogP contribution in [0.1, 0.15) is 13.8 Å². The standard InChI is InChI=1S/C8H15N3O2S/c1-7-6-11(8(2)5-10-7)14(12,13)4-3-9/h7-8,10H,4-6H2,1-2H3. The van der Waals surface area contributed by atoms with Gasteiger partial charge in [0.05, 0.1) is 6.07 Å². The van der Waals surface area contributed by atoms with Crippen LogP contribution in [0.3, 0.4) is 0 Å². The smallest absolute Gasteiger partial charge is 0.227 e. The van der Waals surface area contributed by atoms with Crippen molar-refractivity contribution in [2.24, 2.45) is 0 Å². The Morgan fingerprint density at radius 3 is 2.79 bits per heavy atom. The molecule has 1 rings (SSSR count). The van der Waals surface area contributed by atoms with Gasteiger partial charge in [-0.15, -0.1) is 0 Å². The number of nitriles is 1. The van der Waals surface area contributed by atoms with Crippen molar-refractivity contribution in [1.29, 1.82) is 5.26 Å². The van der Waals surface area contributed by atoms with Crippen LogP contribution >= 0.6 is 0 Å². The number of nitrogens with one attached hydrogen (secondary N) is 1. The Morgan fingerprint density at radius 1 is 1.57 bits per heavy atom. The van der Waals surface area contributed by atoms with Crippen LogP contribution in [-0.2, 0) is 10.0 Å². The molecule has 1 fully saturated rings. The van der Waals surface area contributed by atoms with Gasteiger partial charge in [-0.1, -0.05) is 0 Å². The van der Waals surface area contributed by atoms with E-state index in [-0.39, 0.29) is 12.1 Å². The first kappa shape index (κ1) is 11.4. The van der Waals surface area contributed by atoms with E-state index in [0.717, 1.165) is 0 Å². The summed E-state index contributed by atoms with van der Waals surface area (Å²) in [5.74, 6) is -0.427. The lowest BCUT2D eigenvalue weighted by atomic mass is 10.2. The van der Waals surface area contributed by atoms with Gasteiger partial charge in [0, 0.05) is 25.2 Å². The van der Waals surface area contributed by atoms with Gasteiger partial charge in [0.1, 0.15) is 0 Å². The third kappa shape index (κ3) is 2.44. The van der Waals surface area contributed by atoms with Gasteiger partial charge in [0.25, 0.3) is 0 Å². The third-order valence-corrected chi connectivity index (χ3v) is 4.03. The molecule has 1 N–H and O–H groups in total. The van der Waals surface area contributed by atoms with Crippen LogP contribution in [0.5, 0.6) is 0 Å². The summed E-state index contributed by atoms with van der Waals surface area (Å²) in [7, 11) is -3.38. The maximum Gasteiger partial charge on any atom is 0.227 e. The summed E-state index contributed by atoms with van der Waals surface area (Å²) in [5, 5.41) is 11.6. The van der Waals surface area contributed by atoms with E-state index in [2.05, 4.69) is 5.32 Å². The Labute approximate surface area is 84.8 Å². The highest BCUT2D eigenvalue weighted by Crippen LogP contribution is 2.12. The molecule has 0 saturated carbocycles. The molecule has 1 saturated heterocycles. The summed E-state index contributed by atoms with van der Waals surface area (Å²) in [6.45, 7) is 4.87. The molecule has 80 valence electrons. The zero-order chi connectivity index (χ0) is 10.8. The minimum absolute atomic E-state index is 0.0652. The van der Waals surface area contributed by atoms with Crippen LogP contribution in [0.2, 0.25) is 0 Å². The van der Waals surface area contributed by atoms with Crippen LogP contribution in [0.15, 0.2) is 0 Å². The highest BCUT2D eigenvalue weighted by Gasteiger charge is 2.31. The van der Waals surface area contributed by atoms with E-state index < -0.39 is 15.8 Å². The second-order valence-corrected chi connectivity index (χ2v) is 5.56. The van der Waals surface area contributed by atoms with Crippen molar-refractivity contribution in [3.8, 4) is 6.07 Å². The topological polar surface area (TPSA) is 73.2 Å². The molecule has 0 spiro atoms. The van der Waals surface area contributed by atoms with E-state index >= 15 is 0 Å². The molecule has 0 aromatic carbocycles. The second-order valence-electron chi connectivity index (χ2n) is 3.64. The van der Waals surface area contributed by atoms with Crippen LogP contribution in [0.25, 0.3) is 0 Å². The summed E-state index contributed by atoms with van der Waals surface area (Å²) in [6.07, 6.45) is 0. The molecule has 1 heterocycles. The molecule has 0 amide bonds. The van der Waals surface area contributed by atoms with E-state index in [4.69, 9.17) is 5.26 Å². The van der Waals surface area contributed by atoms with Crippen molar-refractivity contribution >= 4 is 10.0 Å². The van der Waals surface area contributed by atoms with Crippen molar-refractivity contribution in [3.63, 3.8) is 0 Å². The molecule has 1 aliphatic heterocycles. The van der Waals surface area contributed by atoms with Gasteiger partial charge in [0.15, 0.2) is 5.75 Å². The maximum absolute atomic E-state index is 11.6. The fourth-order valence-corrected chi connectivity index (χ4v) is 2.94. The Hall–Kier alpha value is -0.640. The molecule has 0 bridgehead atoms. The van der Waals surface area contributed by atoms with Gasteiger partial charge in [0.2, 0.25) is 10.0 Å². The van der Waals surface area contributed by atoms with Gasteiger partial charge in [-0.2, -0.15) is 9.57 Å². The van der Waals surface area contributed by atoms with E-state index in [1.807, 2.05) is 13.8 Å². The minimum Gasteiger partial charge on any atom is -0.311 e. The number of sulfonamides is 1. The number of nitrogens with zero attached hydrogens (tertiary/aromatic N) is 2. The van der Waals surface area contributed by atoms with Gasteiger partial charge >= 0.3 is 0 Å². The SMILES string of the molecule is CC1CN(S(=O)(=O)CC#N)C(C)CN1. The molecule has 14 heavy (non-hydrogen) atoms. The van der Waals surface area contributed by atoms with Crippen molar-refractivity contribution in [2.45, 2.75) is 25.9 Å². The molecule has 2 atom stereocenters. The Bertz CT molecular complexity index is 333. The third-order valence-electron chi connectivity index (χ3n) is 2.31. The quantitative estimate of drug-likeness (QED) is 0.678.